The maximum Gasteiger partial charge on any atom is 0.408 e. The molecule has 2 saturated carbocycles. The predicted molar refractivity (Wildman–Crippen MR) is 131 cm³/mol. The van der Waals surface area contributed by atoms with E-state index in [1.807, 2.05) is 24.3 Å². The van der Waals surface area contributed by atoms with Crippen molar-refractivity contribution >= 4 is 18.0 Å². The summed E-state index contributed by atoms with van der Waals surface area (Å²) in [5.74, 6) is -1.55. The lowest BCUT2D eigenvalue weighted by molar-refractivity contribution is -0.146. The smallest absolute Gasteiger partial charge is 0.408 e. The molecule has 3 N–H and O–H groups in total. The molecular weight excluding hydrogens is 444 g/mol. The molecule has 0 aromatic heterocycles. The first kappa shape index (κ1) is 23.4. The van der Waals surface area contributed by atoms with Crippen LogP contribution in [0.2, 0.25) is 0 Å². The van der Waals surface area contributed by atoms with E-state index in [0.29, 0.717) is 12.8 Å². The van der Waals surface area contributed by atoms with Crippen molar-refractivity contribution in [3.05, 3.63) is 59.7 Å². The summed E-state index contributed by atoms with van der Waals surface area (Å²) < 4.78 is 5.70. The molecule has 3 aliphatic rings. The molecule has 0 spiro atoms. The van der Waals surface area contributed by atoms with Crippen molar-refractivity contribution in [3.8, 4) is 11.1 Å². The van der Waals surface area contributed by atoms with Crippen molar-refractivity contribution in [2.24, 2.45) is 5.92 Å². The van der Waals surface area contributed by atoms with Gasteiger partial charge >= 0.3 is 12.1 Å². The van der Waals surface area contributed by atoms with Crippen LogP contribution in [-0.4, -0.2) is 41.3 Å². The number of alkyl carbamates (subject to hydrolysis) is 1. The zero-order valence-electron chi connectivity index (χ0n) is 19.8. The van der Waals surface area contributed by atoms with Crippen molar-refractivity contribution in [2.45, 2.75) is 68.9 Å². The number of carbonyl (C=O) groups excluding carboxylic acids is 2. The Kier molecular flexibility index (Phi) is 6.50. The molecule has 2 aromatic carbocycles. The van der Waals surface area contributed by atoms with Crippen LogP contribution < -0.4 is 10.6 Å². The third-order valence-corrected chi connectivity index (χ3v) is 8.00. The second-order valence-electron chi connectivity index (χ2n) is 10.1. The molecule has 3 aliphatic carbocycles. The highest BCUT2D eigenvalue weighted by Crippen LogP contribution is 2.44. The van der Waals surface area contributed by atoms with Crippen LogP contribution in [0, 0.1) is 5.92 Å². The first-order valence-corrected chi connectivity index (χ1v) is 12.7. The molecule has 1 unspecified atom stereocenters. The minimum Gasteiger partial charge on any atom is -0.480 e. The summed E-state index contributed by atoms with van der Waals surface area (Å²) in [6.45, 7) is 0.164. The number of fused-ring (bicyclic) bond motifs is 3. The van der Waals surface area contributed by atoms with Gasteiger partial charge in [-0.15, -0.1) is 0 Å². The van der Waals surface area contributed by atoms with Crippen molar-refractivity contribution in [3.63, 3.8) is 0 Å². The van der Waals surface area contributed by atoms with Crippen LogP contribution in [0.4, 0.5) is 4.79 Å². The Morgan fingerprint density at radius 1 is 0.914 bits per heavy atom. The summed E-state index contributed by atoms with van der Waals surface area (Å²) in [5.41, 5.74) is 3.40. The van der Waals surface area contributed by atoms with Crippen LogP contribution >= 0.6 is 0 Å². The molecule has 2 fully saturated rings. The molecule has 0 heterocycles. The number of hydrogen-bond acceptors (Lipinski definition) is 4. The van der Waals surface area contributed by atoms with Gasteiger partial charge in [-0.1, -0.05) is 74.2 Å². The minimum atomic E-state index is -1.14. The molecule has 0 radical (unpaired) electrons. The number of ether oxygens (including phenoxy) is 1. The SMILES string of the molecule is O=C(NC1(C(=O)NC(C(=O)O)C2CCC2)CCCCC1)OCC1c2ccccc2-c2ccccc21. The van der Waals surface area contributed by atoms with E-state index in [4.69, 9.17) is 4.74 Å². The number of carboxylic acids is 1. The monoisotopic (exact) mass is 476 g/mol. The first-order chi connectivity index (χ1) is 17.0. The molecule has 2 aromatic rings. The lowest BCUT2D eigenvalue weighted by Gasteiger charge is -2.39. The molecule has 184 valence electrons. The lowest BCUT2D eigenvalue weighted by atomic mass is 9.77. The summed E-state index contributed by atoms with van der Waals surface area (Å²) in [5, 5.41) is 15.3. The largest absolute Gasteiger partial charge is 0.480 e. The number of amides is 2. The summed E-state index contributed by atoms with van der Waals surface area (Å²) in [7, 11) is 0. The van der Waals surface area contributed by atoms with Crippen LogP contribution in [0.5, 0.6) is 0 Å². The highest BCUT2D eigenvalue weighted by molar-refractivity contribution is 5.93. The third-order valence-electron chi connectivity index (χ3n) is 8.00. The fraction of sp³-hybridized carbons (Fsp3) is 0.464. The molecule has 0 bridgehead atoms. The van der Waals surface area contributed by atoms with E-state index < -0.39 is 29.6 Å². The average Bonchev–Trinajstić information content (AvgIpc) is 3.15. The number of aliphatic carboxylic acids is 1. The molecule has 35 heavy (non-hydrogen) atoms. The fourth-order valence-corrected chi connectivity index (χ4v) is 5.83. The number of hydrogen-bond donors (Lipinski definition) is 3. The Hall–Kier alpha value is -3.35. The number of benzene rings is 2. The summed E-state index contributed by atoms with van der Waals surface area (Å²) >= 11 is 0. The van der Waals surface area contributed by atoms with Crippen molar-refractivity contribution in [1.29, 1.82) is 0 Å². The Labute approximate surface area is 205 Å². The number of carboxylic acid groups (broad SMARTS) is 1. The Morgan fingerprint density at radius 3 is 2.06 bits per heavy atom. The third kappa shape index (κ3) is 4.51. The molecule has 5 rings (SSSR count). The van der Waals surface area contributed by atoms with E-state index in [-0.39, 0.29) is 18.4 Å². The van der Waals surface area contributed by atoms with Gasteiger partial charge in [0.05, 0.1) is 0 Å². The van der Waals surface area contributed by atoms with Gasteiger partial charge in [-0.3, -0.25) is 4.79 Å². The molecular formula is C28H32N2O5. The van der Waals surface area contributed by atoms with Gasteiger partial charge in [0, 0.05) is 5.92 Å². The maximum atomic E-state index is 13.4. The van der Waals surface area contributed by atoms with Gasteiger partial charge in [-0.2, -0.15) is 0 Å². The van der Waals surface area contributed by atoms with Gasteiger partial charge in [0.25, 0.3) is 0 Å². The van der Waals surface area contributed by atoms with Crippen molar-refractivity contribution < 1.29 is 24.2 Å². The quantitative estimate of drug-likeness (QED) is 0.542. The number of carbonyl (C=O) groups is 3. The van der Waals surface area contributed by atoms with Crippen LogP contribution in [-0.2, 0) is 14.3 Å². The highest BCUT2D eigenvalue weighted by Gasteiger charge is 2.44. The van der Waals surface area contributed by atoms with Crippen LogP contribution in [0.3, 0.4) is 0 Å². The van der Waals surface area contributed by atoms with E-state index in [2.05, 4.69) is 34.9 Å². The van der Waals surface area contributed by atoms with Crippen LogP contribution in [0.25, 0.3) is 11.1 Å². The van der Waals surface area contributed by atoms with Gasteiger partial charge in [0.2, 0.25) is 5.91 Å². The highest BCUT2D eigenvalue weighted by atomic mass is 16.5. The van der Waals surface area contributed by atoms with E-state index in [1.54, 1.807) is 0 Å². The Morgan fingerprint density at radius 2 is 1.51 bits per heavy atom. The first-order valence-electron chi connectivity index (χ1n) is 12.7. The number of nitrogens with one attached hydrogen (secondary N) is 2. The summed E-state index contributed by atoms with van der Waals surface area (Å²) in [6, 6.07) is 15.3. The average molecular weight is 477 g/mol. The van der Waals surface area contributed by atoms with Gasteiger partial charge < -0.3 is 20.5 Å². The molecule has 1 atom stereocenters. The number of rotatable bonds is 7. The molecule has 7 nitrogen and oxygen atoms in total. The van der Waals surface area contributed by atoms with Gasteiger partial charge in [-0.05, 0) is 53.9 Å². The second kappa shape index (κ2) is 9.72. The Balaban J connectivity index is 1.28. The van der Waals surface area contributed by atoms with Crippen molar-refractivity contribution in [1.82, 2.24) is 10.6 Å². The minimum absolute atomic E-state index is 0.0495. The van der Waals surface area contributed by atoms with Gasteiger partial charge in [0.1, 0.15) is 18.2 Å². The predicted octanol–water partition coefficient (Wildman–Crippen LogP) is 4.60. The fourth-order valence-electron chi connectivity index (χ4n) is 5.83. The molecule has 0 saturated heterocycles. The molecule has 2 amide bonds. The Bertz CT molecular complexity index is 1070. The van der Waals surface area contributed by atoms with E-state index in [1.165, 1.54) is 0 Å². The summed E-state index contributed by atoms with van der Waals surface area (Å²) in [6.07, 6.45) is 5.43. The van der Waals surface area contributed by atoms with E-state index in [0.717, 1.165) is 60.8 Å². The molecule has 7 heteroatoms. The molecule has 0 aliphatic heterocycles. The standard InChI is InChI=1S/C28H32N2O5/c31-25(32)24(18-9-8-10-18)29-26(33)28(15-6-1-7-16-28)30-27(34)35-17-23-21-13-4-2-11-19(21)20-12-3-5-14-22(20)23/h2-5,11-14,18,23-24H,1,6-10,15-17H2,(H,29,33)(H,30,34)(H,31,32). The second-order valence-corrected chi connectivity index (χ2v) is 10.1. The van der Waals surface area contributed by atoms with Crippen LogP contribution in [0.1, 0.15) is 68.4 Å². The van der Waals surface area contributed by atoms with Crippen molar-refractivity contribution in [2.75, 3.05) is 6.61 Å². The van der Waals surface area contributed by atoms with Gasteiger partial charge in [-0.25, -0.2) is 9.59 Å². The topological polar surface area (TPSA) is 105 Å². The zero-order valence-corrected chi connectivity index (χ0v) is 19.8. The normalized spacial score (nSPS) is 19.5. The van der Waals surface area contributed by atoms with E-state index in [9.17, 15) is 19.5 Å². The maximum absolute atomic E-state index is 13.4. The van der Waals surface area contributed by atoms with E-state index >= 15 is 0 Å². The lowest BCUT2D eigenvalue weighted by Crippen LogP contribution is -2.63. The summed E-state index contributed by atoms with van der Waals surface area (Å²) in [4.78, 5) is 38.2. The van der Waals surface area contributed by atoms with Crippen LogP contribution in [0.15, 0.2) is 48.5 Å². The van der Waals surface area contributed by atoms with Gasteiger partial charge in [0.15, 0.2) is 0 Å². The zero-order chi connectivity index (χ0) is 24.4.